The number of ether oxygens (including phenoxy) is 2. The average Bonchev–Trinajstić information content (AvgIpc) is 3.32. The lowest BCUT2D eigenvalue weighted by molar-refractivity contribution is 0.0746. The Morgan fingerprint density at radius 1 is 1.03 bits per heavy atom. The Morgan fingerprint density at radius 3 is 2.44 bits per heavy atom. The van der Waals surface area contributed by atoms with Crippen LogP contribution in [0.15, 0.2) is 48.5 Å². The number of nitrogens with zero attached hydrogens (tertiary/aromatic N) is 6. The van der Waals surface area contributed by atoms with Gasteiger partial charge < -0.3 is 19.3 Å². The Hall–Kier alpha value is -3.62. The van der Waals surface area contributed by atoms with Crippen LogP contribution in [0.4, 0.5) is 5.69 Å². The molecular weight excluding hydrogens is 408 g/mol. The van der Waals surface area contributed by atoms with Crippen molar-refractivity contribution in [2.75, 3.05) is 38.2 Å². The van der Waals surface area contributed by atoms with Crippen molar-refractivity contribution < 1.29 is 14.3 Å². The lowest BCUT2D eigenvalue weighted by Crippen LogP contribution is -2.48. The summed E-state index contributed by atoms with van der Waals surface area (Å²) in [5, 5.41) is 11.7. The highest BCUT2D eigenvalue weighted by atomic mass is 16.5. The minimum Gasteiger partial charge on any atom is -0.495 e. The van der Waals surface area contributed by atoms with E-state index >= 15 is 0 Å². The molecule has 1 aromatic heterocycles. The summed E-state index contributed by atoms with van der Waals surface area (Å²) in [6.45, 7) is 7.13. The van der Waals surface area contributed by atoms with E-state index in [-0.39, 0.29) is 18.6 Å². The van der Waals surface area contributed by atoms with Crippen molar-refractivity contribution in [1.29, 1.82) is 0 Å². The van der Waals surface area contributed by atoms with E-state index in [9.17, 15) is 4.79 Å². The molecule has 0 N–H and O–H groups in total. The minimum absolute atomic E-state index is 0.0278. The van der Waals surface area contributed by atoms with Gasteiger partial charge in [0.05, 0.1) is 18.8 Å². The minimum atomic E-state index is 0.0278. The van der Waals surface area contributed by atoms with Crippen molar-refractivity contribution in [3.8, 4) is 11.5 Å². The van der Waals surface area contributed by atoms with E-state index in [2.05, 4.69) is 26.5 Å². The van der Waals surface area contributed by atoms with Crippen molar-refractivity contribution >= 4 is 11.6 Å². The third kappa shape index (κ3) is 4.66. The predicted octanol–water partition coefficient (Wildman–Crippen LogP) is 2.80. The molecule has 1 aliphatic rings. The Balaban J connectivity index is 1.33. The first-order chi connectivity index (χ1) is 15.6. The van der Waals surface area contributed by atoms with Gasteiger partial charge in [0.2, 0.25) is 0 Å². The second kappa shape index (κ2) is 9.67. The highest BCUT2D eigenvalue weighted by Crippen LogP contribution is 2.28. The van der Waals surface area contributed by atoms with Crippen LogP contribution < -0.4 is 14.4 Å². The van der Waals surface area contributed by atoms with Gasteiger partial charge in [0, 0.05) is 31.7 Å². The van der Waals surface area contributed by atoms with Crippen LogP contribution in [-0.4, -0.2) is 64.3 Å². The highest BCUT2D eigenvalue weighted by Gasteiger charge is 2.23. The molecule has 168 valence electrons. The van der Waals surface area contributed by atoms with E-state index in [0.717, 1.165) is 24.5 Å². The van der Waals surface area contributed by atoms with E-state index in [4.69, 9.17) is 9.47 Å². The zero-order chi connectivity index (χ0) is 22.5. The summed E-state index contributed by atoms with van der Waals surface area (Å²) >= 11 is 0. The summed E-state index contributed by atoms with van der Waals surface area (Å²) in [5.74, 6) is 2.21. The topological polar surface area (TPSA) is 85.6 Å². The molecule has 0 radical (unpaired) electrons. The van der Waals surface area contributed by atoms with Crippen LogP contribution in [0.25, 0.3) is 0 Å². The maximum Gasteiger partial charge on any atom is 0.253 e. The van der Waals surface area contributed by atoms with Crippen LogP contribution in [-0.2, 0) is 6.61 Å². The summed E-state index contributed by atoms with van der Waals surface area (Å²) in [6.07, 6.45) is 0. The number of methoxy groups -OCH3 is 1. The molecule has 0 aliphatic carbocycles. The number of hydrogen-bond acceptors (Lipinski definition) is 7. The van der Waals surface area contributed by atoms with Crippen molar-refractivity contribution in [2.24, 2.45) is 0 Å². The van der Waals surface area contributed by atoms with Crippen LogP contribution in [0, 0.1) is 0 Å². The number of hydrogen-bond donors (Lipinski definition) is 0. The van der Waals surface area contributed by atoms with Crippen LogP contribution >= 0.6 is 0 Å². The monoisotopic (exact) mass is 436 g/mol. The molecule has 0 atom stereocenters. The second-order valence-electron chi connectivity index (χ2n) is 7.90. The van der Waals surface area contributed by atoms with Gasteiger partial charge in [-0.2, -0.15) is 0 Å². The van der Waals surface area contributed by atoms with Gasteiger partial charge in [-0.25, -0.2) is 4.68 Å². The van der Waals surface area contributed by atoms with Gasteiger partial charge in [0.25, 0.3) is 5.91 Å². The molecule has 0 saturated carbocycles. The first kappa shape index (κ1) is 21.6. The Labute approximate surface area is 187 Å². The molecule has 2 heterocycles. The number of amides is 1. The molecule has 0 unspecified atom stereocenters. The zero-order valence-electron chi connectivity index (χ0n) is 18.6. The number of carbonyl (C=O) groups is 1. The maximum absolute atomic E-state index is 13.0. The second-order valence-corrected chi connectivity index (χ2v) is 7.90. The largest absolute Gasteiger partial charge is 0.495 e. The molecule has 4 rings (SSSR count). The number of carbonyl (C=O) groups excluding carboxylic acids is 1. The highest BCUT2D eigenvalue weighted by molar-refractivity contribution is 5.94. The van der Waals surface area contributed by atoms with Crippen LogP contribution in [0.2, 0.25) is 0 Å². The third-order valence-electron chi connectivity index (χ3n) is 5.51. The molecule has 9 nitrogen and oxygen atoms in total. The number of tetrazole rings is 1. The zero-order valence-corrected chi connectivity index (χ0v) is 18.6. The fraction of sp³-hybridized carbons (Fsp3) is 0.391. The molecule has 32 heavy (non-hydrogen) atoms. The number of piperazine rings is 1. The molecule has 0 spiro atoms. The first-order valence-corrected chi connectivity index (χ1v) is 10.7. The van der Waals surface area contributed by atoms with Crippen molar-refractivity contribution in [1.82, 2.24) is 25.1 Å². The van der Waals surface area contributed by atoms with Gasteiger partial charge in [0.15, 0.2) is 5.82 Å². The van der Waals surface area contributed by atoms with Crippen LogP contribution in [0.3, 0.4) is 0 Å². The van der Waals surface area contributed by atoms with Gasteiger partial charge >= 0.3 is 0 Å². The summed E-state index contributed by atoms with van der Waals surface area (Å²) in [5.41, 5.74) is 1.71. The van der Waals surface area contributed by atoms with E-state index in [1.165, 1.54) is 0 Å². The Kier molecular flexibility index (Phi) is 6.53. The fourth-order valence-corrected chi connectivity index (χ4v) is 3.77. The normalized spacial score (nSPS) is 14.0. The Bertz CT molecular complexity index is 1040. The van der Waals surface area contributed by atoms with Crippen molar-refractivity contribution in [2.45, 2.75) is 26.5 Å². The van der Waals surface area contributed by atoms with Crippen LogP contribution in [0.5, 0.6) is 11.5 Å². The average molecular weight is 437 g/mol. The SMILES string of the molecule is COc1ccccc1N1CCN(C(=O)c2ccc(OCc3nnnn3C(C)C)cc2)CC1. The molecule has 0 bridgehead atoms. The standard InChI is InChI=1S/C23H28N6O3/c1-17(2)29-22(24-25-26-29)16-32-19-10-8-18(9-11-19)23(30)28-14-12-27(13-15-28)20-6-4-5-7-21(20)31-3/h4-11,17H,12-16H2,1-3H3. The summed E-state index contributed by atoms with van der Waals surface area (Å²) < 4.78 is 13.0. The number of aromatic nitrogens is 4. The molecule has 1 fully saturated rings. The summed E-state index contributed by atoms with van der Waals surface area (Å²) in [4.78, 5) is 17.1. The number of benzene rings is 2. The molecule has 1 aliphatic heterocycles. The quantitative estimate of drug-likeness (QED) is 0.563. The van der Waals surface area contributed by atoms with E-state index in [0.29, 0.717) is 30.2 Å². The first-order valence-electron chi connectivity index (χ1n) is 10.7. The van der Waals surface area contributed by atoms with Gasteiger partial charge in [-0.1, -0.05) is 12.1 Å². The van der Waals surface area contributed by atoms with Gasteiger partial charge in [-0.15, -0.1) is 5.10 Å². The van der Waals surface area contributed by atoms with Crippen molar-refractivity contribution in [3.63, 3.8) is 0 Å². The number of para-hydroxylation sites is 2. The van der Waals surface area contributed by atoms with E-state index in [1.807, 2.05) is 49.1 Å². The molecule has 2 aromatic carbocycles. The maximum atomic E-state index is 13.0. The van der Waals surface area contributed by atoms with Gasteiger partial charge in [-0.3, -0.25) is 4.79 Å². The van der Waals surface area contributed by atoms with E-state index in [1.54, 1.807) is 23.9 Å². The molecule has 1 saturated heterocycles. The van der Waals surface area contributed by atoms with Gasteiger partial charge in [0.1, 0.15) is 18.1 Å². The van der Waals surface area contributed by atoms with E-state index < -0.39 is 0 Å². The Morgan fingerprint density at radius 2 is 1.75 bits per heavy atom. The smallest absolute Gasteiger partial charge is 0.253 e. The third-order valence-corrected chi connectivity index (χ3v) is 5.51. The van der Waals surface area contributed by atoms with Crippen molar-refractivity contribution in [3.05, 3.63) is 59.9 Å². The van der Waals surface area contributed by atoms with Gasteiger partial charge in [-0.05, 0) is 60.7 Å². The molecular formula is C23H28N6O3. The fourth-order valence-electron chi connectivity index (χ4n) is 3.77. The number of anilines is 1. The summed E-state index contributed by atoms with van der Waals surface area (Å²) in [6, 6.07) is 15.3. The lowest BCUT2D eigenvalue weighted by atomic mass is 10.1. The molecule has 1 amide bonds. The lowest BCUT2D eigenvalue weighted by Gasteiger charge is -2.36. The number of rotatable bonds is 7. The predicted molar refractivity (Wildman–Crippen MR) is 120 cm³/mol. The van der Waals surface area contributed by atoms with Crippen LogP contribution in [0.1, 0.15) is 36.1 Å². The molecule has 3 aromatic rings. The molecule has 9 heteroatoms. The summed E-state index contributed by atoms with van der Waals surface area (Å²) in [7, 11) is 1.68.